The van der Waals surface area contributed by atoms with E-state index in [9.17, 15) is 12.8 Å². The summed E-state index contributed by atoms with van der Waals surface area (Å²) in [4.78, 5) is 0. The standard InChI is InChI=1S/C18H20FNO2S/c1-12(2)23(21,22)20-18-11-17(18)15-5-3-13(4-6-15)14-7-9-16(19)10-8-14/h3-10,12,17-18,20H,11H2,1-2H3/t17-,18+/m1/s1. The summed E-state index contributed by atoms with van der Waals surface area (Å²) < 4.78 is 39.5. The van der Waals surface area contributed by atoms with Crippen molar-refractivity contribution in [2.75, 3.05) is 0 Å². The van der Waals surface area contributed by atoms with Gasteiger partial charge < -0.3 is 0 Å². The molecule has 0 saturated heterocycles. The molecule has 0 amide bonds. The van der Waals surface area contributed by atoms with Crippen LogP contribution in [0.5, 0.6) is 0 Å². The maximum atomic E-state index is 13.0. The van der Waals surface area contributed by atoms with Gasteiger partial charge in [-0.25, -0.2) is 17.5 Å². The van der Waals surface area contributed by atoms with E-state index in [0.717, 1.165) is 23.1 Å². The number of nitrogens with one attached hydrogen (secondary N) is 1. The molecule has 1 aliphatic rings. The van der Waals surface area contributed by atoms with Gasteiger partial charge in [0, 0.05) is 12.0 Å². The summed E-state index contributed by atoms with van der Waals surface area (Å²) in [6.07, 6.45) is 0.835. The molecule has 3 nitrogen and oxygen atoms in total. The van der Waals surface area contributed by atoms with E-state index in [-0.39, 0.29) is 17.8 Å². The number of hydrogen-bond donors (Lipinski definition) is 1. The minimum atomic E-state index is -3.22. The highest BCUT2D eigenvalue weighted by Crippen LogP contribution is 2.41. The van der Waals surface area contributed by atoms with Crippen LogP contribution in [0.2, 0.25) is 0 Å². The van der Waals surface area contributed by atoms with Crippen LogP contribution in [-0.2, 0) is 10.0 Å². The first-order valence-corrected chi connectivity index (χ1v) is 9.28. The molecule has 0 unspecified atom stereocenters. The molecule has 0 aliphatic heterocycles. The summed E-state index contributed by atoms with van der Waals surface area (Å²) in [5, 5.41) is -0.412. The summed E-state index contributed by atoms with van der Waals surface area (Å²) in [7, 11) is -3.22. The van der Waals surface area contributed by atoms with Crippen LogP contribution < -0.4 is 4.72 Å². The Morgan fingerprint density at radius 1 is 1.00 bits per heavy atom. The van der Waals surface area contributed by atoms with E-state index in [1.54, 1.807) is 26.0 Å². The van der Waals surface area contributed by atoms with Crippen molar-refractivity contribution in [3.05, 3.63) is 59.9 Å². The monoisotopic (exact) mass is 333 g/mol. The minimum Gasteiger partial charge on any atom is -0.212 e. The van der Waals surface area contributed by atoms with Crippen LogP contribution in [0.15, 0.2) is 48.5 Å². The normalized spacial score (nSPS) is 20.7. The van der Waals surface area contributed by atoms with Crippen molar-refractivity contribution in [2.24, 2.45) is 0 Å². The highest BCUT2D eigenvalue weighted by atomic mass is 32.2. The average Bonchev–Trinajstić information content (AvgIpc) is 3.26. The number of rotatable bonds is 5. The molecule has 5 heteroatoms. The number of hydrogen-bond acceptors (Lipinski definition) is 2. The Labute approximate surface area is 136 Å². The lowest BCUT2D eigenvalue weighted by Gasteiger charge is -2.09. The first-order chi connectivity index (χ1) is 10.9. The topological polar surface area (TPSA) is 46.2 Å². The van der Waals surface area contributed by atoms with Gasteiger partial charge in [0.25, 0.3) is 0 Å². The molecule has 0 radical (unpaired) electrons. The van der Waals surface area contributed by atoms with Crippen molar-refractivity contribution < 1.29 is 12.8 Å². The van der Waals surface area contributed by atoms with Crippen molar-refractivity contribution in [2.45, 2.75) is 37.5 Å². The first kappa shape index (κ1) is 16.1. The molecular weight excluding hydrogens is 313 g/mol. The molecule has 2 aromatic carbocycles. The predicted molar refractivity (Wildman–Crippen MR) is 90.2 cm³/mol. The SMILES string of the molecule is CC(C)S(=O)(=O)N[C@H]1C[C@@H]1c1ccc(-c2ccc(F)cc2)cc1. The Morgan fingerprint density at radius 3 is 2.04 bits per heavy atom. The molecule has 23 heavy (non-hydrogen) atoms. The zero-order chi connectivity index (χ0) is 16.6. The molecule has 0 heterocycles. The Balaban J connectivity index is 1.69. The number of benzene rings is 2. The molecular formula is C18H20FNO2S. The fourth-order valence-electron chi connectivity index (χ4n) is 2.61. The van der Waals surface area contributed by atoms with Crippen molar-refractivity contribution in [1.82, 2.24) is 4.72 Å². The molecule has 0 spiro atoms. The van der Waals surface area contributed by atoms with Crippen LogP contribution in [0.3, 0.4) is 0 Å². The third-order valence-electron chi connectivity index (χ3n) is 4.24. The molecule has 122 valence electrons. The maximum Gasteiger partial charge on any atom is 0.214 e. The van der Waals surface area contributed by atoms with E-state index in [4.69, 9.17) is 0 Å². The smallest absolute Gasteiger partial charge is 0.212 e. The van der Waals surface area contributed by atoms with Crippen molar-refractivity contribution >= 4 is 10.0 Å². The number of halogens is 1. The summed E-state index contributed by atoms with van der Waals surface area (Å²) >= 11 is 0. The van der Waals surface area contributed by atoms with E-state index in [2.05, 4.69) is 4.72 Å². The zero-order valence-corrected chi connectivity index (χ0v) is 14.0. The van der Waals surface area contributed by atoms with E-state index in [0.29, 0.717) is 0 Å². The van der Waals surface area contributed by atoms with Gasteiger partial charge in [-0.1, -0.05) is 36.4 Å². The second-order valence-electron chi connectivity index (χ2n) is 6.29. The van der Waals surface area contributed by atoms with Gasteiger partial charge in [-0.2, -0.15) is 0 Å². The minimum absolute atomic E-state index is 0.000860. The van der Waals surface area contributed by atoms with Gasteiger partial charge in [0.15, 0.2) is 0 Å². The fourth-order valence-corrected chi connectivity index (χ4v) is 3.56. The molecule has 3 rings (SSSR count). The Kier molecular flexibility index (Phi) is 4.25. The highest BCUT2D eigenvalue weighted by molar-refractivity contribution is 7.90. The molecule has 1 aliphatic carbocycles. The lowest BCUT2D eigenvalue weighted by atomic mass is 10.0. The van der Waals surface area contributed by atoms with E-state index >= 15 is 0 Å². The van der Waals surface area contributed by atoms with E-state index in [1.165, 1.54) is 12.1 Å². The average molecular weight is 333 g/mol. The van der Waals surface area contributed by atoms with Gasteiger partial charge in [-0.3, -0.25) is 0 Å². The quantitative estimate of drug-likeness (QED) is 0.907. The van der Waals surface area contributed by atoms with Gasteiger partial charge in [-0.15, -0.1) is 0 Å². The first-order valence-electron chi connectivity index (χ1n) is 7.74. The third-order valence-corrected chi connectivity index (χ3v) is 6.12. The van der Waals surface area contributed by atoms with Gasteiger partial charge in [0.1, 0.15) is 5.82 Å². The Morgan fingerprint density at radius 2 is 1.52 bits per heavy atom. The molecule has 0 bridgehead atoms. The van der Waals surface area contributed by atoms with E-state index in [1.807, 2.05) is 24.3 Å². The Hall–Kier alpha value is -1.72. The maximum absolute atomic E-state index is 13.0. The van der Waals surface area contributed by atoms with Crippen LogP contribution in [0.1, 0.15) is 31.7 Å². The van der Waals surface area contributed by atoms with Crippen molar-refractivity contribution in [3.8, 4) is 11.1 Å². The molecule has 2 atom stereocenters. The van der Waals surface area contributed by atoms with Gasteiger partial charge in [0.2, 0.25) is 10.0 Å². The molecule has 1 saturated carbocycles. The lowest BCUT2D eigenvalue weighted by Crippen LogP contribution is -2.33. The molecule has 1 N–H and O–H groups in total. The van der Waals surface area contributed by atoms with Crippen LogP contribution >= 0.6 is 0 Å². The predicted octanol–water partition coefficient (Wildman–Crippen LogP) is 3.68. The number of sulfonamides is 1. The second kappa shape index (κ2) is 6.06. The van der Waals surface area contributed by atoms with Crippen LogP contribution in [-0.4, -0.2) is 19.7 Å². The molecule has 1 fully saturated rings. The summed E-state index contributed by atoms with van der Waals surface area (Å²) in [5.74, 6) is -0.00517. The zero-order valence-electron chi connectivity index (χ0n) is 13.2. The summed E-state index contributed by atoms with van der Waals surface area (Å²) in [6, 6.07) is 14.4. The summed E-state index contributed by atoms with van der Waals surface area (Å²) in [6.45, 7) is 3.36. The largest absolute Gasteiger partial charge is 0.214 e. The van der Waals surface area contributed by atoms with Crippen molar-refractivity contribution in [1.29, 1.82) is 0 Å². The lowest BCUT2D eigenvalue weighted by molar-refractivity contribution is 0.571. The highest BCUT2D eigenvalue weighted by Gasteiger charge is 2.41. The molecule has 2 aromatic rings. The van der Waals surface area contributed by atoms with Gasteiger partial charge >= 0.3 is 0 Å². The molecule has 0 aromatic heterocycles. The van der Waals surface area contributed by atoms with Gasteiger partial charge in [0.05, 0.1) is 5.25 Å². The van der Waals surface area contributed by atoms with Gasteiger partial charge in [-0.05, 0) is 49.1 Å². The summed E-state index contributed by atoms with van der Waals surface area (Å²) in [5.41, 5.74) is 3.12. The van der Waals surface area contributed by atoms with Crippen LogP contribution in [0.4, 0.5) is 4.39 Å². The fraction of sp³-hybridized carbons (Fsp3) is 0.333. The van der Waals surface area contributed by atoms with E-state index < -0.39 is 15.3 Å². The van der Waals surface area contributed by atoms with Crippen LogP contribution in [0, 0.1) is 5.82 Å². The van der Waals surface area contributed by atoms with Crippen LogP contribution in [0.25, 0.3) is 11.1 Å². The second-order valence-corrected chi connectivity index (χ2v) is 8.56. The third kappa shape index (κ3) is 3.62. The van der Waals surface area contributed by atoms with Crippen molar-refractivity contribution in [3.63, 3.8) is 0 Å². The Bertz CT molecular complexity index is 783.